The summed E-state index contributed by atoms with van der Waals surface area (Å²) in [5, 5.41) is 3.38. The lowest BCUT2D eigenvalue weighted by Gasteiger charge is -2.12. The Kier molecular flexibility index (Phi) is 4.86. The van der Waals surface area contributed by atoms with Crippen molar-refractivity contribution in [3.63, 3.8) is 0 Å². The lowest BCUT2D eigenvalue weighted by atomic mass is 10.2. The topological polar surface area (TPSA) is 21.3 Å². The molecular formula is C16H18BrNO. The molecule has 100 valence electrons. The summed E-state index contributed by atoms with van der Waals surface area (Å²) >= 11 is 3.46. The maximum absolute atomic E-state index is 5.79. The Bertz CT molecular complexity index is 554. The molecule has 0 aromatic heterocycles. The predicted molar refractivity (Wildman–Crippen MR) is 84.0 cm³/mol. The van der Waals surface area contributed by atoms with Crippen LogP contribution in [0.3, 0.4) is 0 Å². The van der Waals surface area contributed by atoms with Gasteiger partial charge in [-0.15, -0.1) is 0 Å². The van der Waals surface area contributed by atoms with Crippen molar-refractivity contribution in [1.82, 2.24) is 0 Å². The van der Waals surface area contributed by atoms with Crippen molar-refractivity contribution in [2.75, 3.05) is 18.5 Å². The van der Waals surface area contributed by atoms with Crippen molar-refractivity contribution in [2.24, 2.45) is 0 Å². The fourth-order valence-electron chi connectivity index (χ4n) is 1.85. The summed E-state index contributed by atoms with van der Waals surface area (Å²) in [6.07, 6.45) is 0. The first kappa shape index (κ1) is 13.9. The molecule has 0 aliphatic carbocycles. The third kappa shape index (κ3) is 4.00. The van der Waals surface area contributed by atoms with Crippen molar-refractivity contribution in [2.45, 2.75) is 13.8 Å². The molecule has 0 atom stereocenters. The summed E-state index contributed by atoms with van der Waals surface area (Å²) in [6, 6.07) is 14.3. The van der Waals surface area contributed by atoms with E-state index in [1.54, 1.807) is 0 Å². The van der Waals surface area contributed by atoms with Crippen molar-refractivity contribution in [3.05, 3.63) is 58.1 Å². The van der Waals surface area contributed by atoms with Crippen LogP contribution in [0.5, 0.6) is 5.75 Å². The van der Waals surface area contributed by atoms with Gasteiger partial charge in [-0.05, 0) is 43.2 Å². The summed E-state index contributed by atoms with van der Waals surface area (Å²) < 4.78 is 6.83. The highest BCUT2D eigenvalue weighted by molar-refractivity contribution is 9.10. The minimum absolute atomic E-state index is 0.644. The van der Waals surface area contributed by atoms with Crippen molar-refractivity contribution in [1.29, 1.82) is 0 Å². The van der Waals surface area contributed by atoms with Gasteiger partial charge in [0, 0.05) is 16.7 Å². The average molecular weight is 320 g/mol. The first-order valence-electron chi connectivity index (χ1n) is 6.35. The zero-order valence-corrected chi connectivity index (χ0v) is 12.8. The predicted octanol–water partition coefficient (Wildman–Crippen LogP) is 4.56. The van der Waals surface area contributed by atoms with E-state index in [0.29, 0.717) is 6.61 Å². The van der Waals surface area contributed by atoms with Crippen LogP contribution in [-0.4, -0.2) is 13.2 Å². The minimum Gasteiger partial charge on any atom is -0.491 e. The van der Waals surface area contributed by atoms with Crippen molar-refractivity contribution in [3.8, 4) is 5.75 Å². The molecule has 1 N–H and O–H groups in total. The smallest absolute Gasteiger partial charge is 0.123 e. The van der Waals surface area contributed by atoms with E-state index in [9.17, 15) is 0 Å². The zero-order valence-electron chi connectivity index (χ0n) is 11.2. The fraction of sp³-hybridized carbons (Fsp3) is 0.250. The Labute approximate surface area is 122 Å². The van der Waals surface area contributed by atoms with E-state index in [4.69, 9.17) is 4.74 Å². The van der Waals surface area contributed by atoms with Gasteiger partial charge in [0.05, 0.1) is 0 Å². The van der Waals surface area contributed by atoms with Crippen LogP contribution < -0.4 is 10.1 Å². The number of benzene rings is 2. The molecule has 0 aliphatic rings. The van der Waals surface area contributed by atoms with Crippen LogP contribution in [0.25, 0.3) is 0 Å². The Hall–Kier alpha value is -1.48. The highest BCUT2D eigenvalue weighted by Gasteiger charge is 2.00. The Morgan fingerprint density at radius 2 is 1.84 bits per heavy atom. The Morgan fingerprint density at radius 1 is 1.05 bits per heavy atom. The number of hydrogen-bond acceptors (Lipinski definition) is 2. The van der Waals surface area contributed by atoms with Crippen LogP contribution >= 0.6 is 15.9 Å². The first-order chi connectivity index (χ1) is 9.16. The number of hydrogen-bond donors (Lipinski definition) is 1. The molecule has 2 rings (SSSR count). The average Bonchev–Trinajstić information content (AvgIpc) is 2.40. The lowest BCUT2D eigenvalue weighted by molar-refractivity contribution is 0.330. The molecule has 3 heteroatoms. The summed E-state index contributed by atoms with van der Waals surface area (Å²) in [6.45, 7) is 5.58. The molecular weight excluding hydrogens is 302 g/mol. The molecule has 0 unspecified atom stereocenters. The summed E-state index contributed by atoms with van der Waals surface area (Å²) in [4.78, 5) is 0. The maximum Gasteiger partial charge on any atom is 0.123 e. The van der Waals surface area contributed by atoms with E-state index in [-0.39, 0.29) is 0 Å². The second-order valence-electron chi connectivity index (χ2n) is 4.50. The molecule has 0 radical (unpaired) electrons. The number of para-hydroxylation sites is 1. The molecule has 2 aromatic rings. The summed E-state index contributed by atoms with van der Waals surface area (Å²) in [5.41, 5.74) is 3.57. The molecule has 0 saturated carbocycles. The second kappa shape index (κ2) is 6.62. The van der Waals surface area contributed by atoms with Crippen molar-refractivity contribution < 1.29 is 4.74 Å². The van der Waals surface area contributed by atoms with Crippen LogP contribution in [-0.2, 0) is 0 Å². The van der Waals surface area contributed by atoms with Crippen LogP contribution in [0.1, 0.15) is 11.1 Å². The summed E-state index contributed by atoms with van der Waals surface area (Å²) in [5.74, 6) is 0.931. The SMILES string of the molecule is Cc1ccccc1NCCOc1cc(Br)ccc1C. The van der Waals surface area contributed by atoms with E-state index in [2.05, 4.69) is 47.2 Å². The molecule has 0 aliphatic heterocycles. The van der Waals surface area contributed by atoms with Crippen LogP contribution in [0.15, 0.2) is 46.9 Å². The lowest BCUT2D eigenvalue weighted by Crippen LogP contribution is -2.12. The maximum atomic E-state index is 5.79. The van der Waals surface area contributed by atoms with E-state index < -0.39 is 0 Å². The molecule has 2 nitrogen and oxygen atoms in total. The number of aryl methyl sites for hydroxylation is 2. The van der Waals surface area contributed by atoms with Gasteiger partial charge in [-0.3, -0.25) is 0 Å². The molecule has 0 fully saturated rings. The third-order valence-electron chi connectivity index (χ3n) is 2.97. The number of nitrogens with one attached hydrogen (secondary N) is 1. The second-order valence-corrected chi connectivity index (χ2v) is 5.42. The van der Waals surface area contributed by atoms with Gasteiger partial charge in [-0.2, -0.15) is 0 Å². The van der Waals surface area contributed by atoms with Gasteiger partial charge in [0.15, 0.2) is 0 Å². The number of anilines is 1. The molecule has 19 heavy (non-hydrogen) atoms. The van der Waals surface area contributed by atoms with Gasteiger partial charge < -0.3 is 10.1 Å². The van der Waals surface area contributed by atoms with Crippen LogP contribution in [0, 0.1) is 13.8 Å². The van der Waals surface area contributed by atoms with Gasteiger partial charge >= 0.3 is 0 Å². The van der Waals surface area contributed by atoms with Gasteiger partial charge in [0.2, 0.25) is 0 Å². The fourth-order valence-corrected chi connectivity index (χ4v) is 2.19. The zero-order chi connectivity index (χ0) is 13.7. The quantitative estimate of drug-likeness (QED) is 0.816. The highest BCUT2D eigenvalue weighted by Crippen LogP contribution is 2.22. The third-order valence-corrected chi connectivity index (χ3v) is 3.46. The Balaban J connectivity index is 1.84. The summed E-state index contributed by atoms with van der Waals surface area (Å²) in [7, 11) is 0. The molecule has 0 bridgehead atoms. The minimum atomic E-state index is 0.644. The van der Waals surface area contributed by atoms with Crippen LogP contribution in [0.2, 0.25) is 0 Å². The molecule has 0 amide bonds. The molecule has 0 saturated heterocycles. The normalized spacial score (nSPS) is 10.3. The monoisotopic (exact) mass is 319 g/mol. The van der Waals surface area contributed by atoms with E-state index >= 15 is 0 Å². The number of rotatable bonds is 5. The largest absolute Gasteiger partial charge is 0.491 e. The van der Waals surface area contributed by atoms with E-state index in [1.807, 2.05) is 30.3 Å². The van der Waals surface area contributed by atoms with Gasteiger partial charge in [0.25, 0.3) is 0 Å². The Morgan fingerprint density at radius 3 is 2.63 bits per heavy atom. The molecule has 0 spiro atoms. The highest BCUT2D eigenvalue weighted by atomic mass is 79.9. The first-order valence-corrected chi connectivity index (χ1v) is 7.14. The van der Waals surface area contributed by atoms with Crippen molar-refractivity contribution >= 4 is 21.6 Å². The van der Waals surface area contributed by atoms with E-state index in [1.165, 1.54) is 5.56 Å². The molecule has 2 aromatic carbocycles. The van der Waals surface area contributed by atoms with Gasteiger partial charge in [-0.1, -0.05) is 40.2 Å². The molecule has 0 heterocycles. The van der Waals surface area contributed by atoms with Gasteiger partial charge in [-0.25, -0.2) is 0 Å². The van der Waals surface area contributed by atoms with E-state index in [0.717, 1.165) is 28.0 Å². The van der Waals surface area contributed by atoms with Gasteiger partial charge in [0.1, 0.15) is 12.4 Å². The van der Waals surface area contributed by atoms with Crippen LogP contribution in [0.4, 0.5) is 5.69 Å². The standard InChI is InChI=1S/C16H18BrNO/c1-12-5-3-4-6-15(12)18-9-10-19-16-11-14(17)8-7-13(16)2/h3-8,11,18H,9-10H2,1-2H3. The number of ether oxygens (including phenoxy) is 1. The number of halogens is 1.